The molecule has 2 N–H and O–H groups in total. The Kier molecular flexibility index (Phi) is 4.40. The van der Waals surface area contributed by atoms with Gasteiger partial charge in [0.25, 0.3) is 0 Å². The number of aliphatic hydroxyl groups is 1. The van der Waals surface area contributed by atoms with E-state index in [1.807, 2.05) is 0 Å². The third kappa shape index (κ3) is 3.33. The average Bonchev–Trinajstić information content (AvgIpc) is 2.97. The molecule has 0 aliphatic heterocycles. The molecule has 1 heterocycles. The van der Waals surface area contributed by atoms with Gasteiger partial charge in [-0.2, -0.15) is 0 Å². The minimum absolute atomic E-state index is 0.0663. The summed E-state index contributed by atoms with van der Waals surface area (Å²) in [4.78, 5) is 14.5. The van der Waals surface area contributed by atoms with E-state index in [-0.39, 0.29) is 18.1 Å². The Hall–Kier alpha value is -0.870. The fourth-order valence-electron chi connectivity index (χ4n) is 2.59. The molecule has 1 saturated carbocycles. The Morgan fingerprint density at radius 1 is 1.44 bits per heavy atom. The van der Waals surface area contributed by atoms with E-state index >= 15 is 0 Å². The minimum atomic E-state index is -0.331. The van der Waals surface area contributed by atoms with Crippen molar-refractivity contribution in [3.63, 3.8) is 0 Å². The van der Waals surface area contributed by atoms with Crippen LogP contribution in [0.3, 0.4) is 0 Å². The molecule has 3 nitrogen and oxygen atoms in total. The van der Waals surface area contributed by atoms with Gasteiger partial charge in [-0.1, -0.05) is 12.8 Å². The summed E-state index contributed by atoms with van der Waals surface area (Å²) in [5.74, 6) is 0.0667. The monoisotopic (exact) mass is 267 g/mol. The second-order valence-electron chi connectivity index (χ2n) is 5.21. The highest BCUT2D eigenvalue weighted by atomic mass is 32.1. The lowest BCUT2D eigenvalue weighted by Gasteiger charge is -2.27. The SMILES string of the molecule is Cc1ccc(CCC(=O)NC2(CO)CCCC2)s1. The zero-order valence-corrected chi connectivity index (χ0v) is 11.7. The first-order valence-corrected chi connectivity index (χ1v) is 7.42. The number of hydrogen-bond acceptors (Lipinski definition) is 3. The molecule has 0 bridgehead atoms. The summed E-state index contributed by atoms with van der Waals surface area (Å²) < 4.78 is 0. The third-order valence-corrected chi connectivity index (χ3v) is 4.72. The molecule has 1 aliphatic carbocycles. The first kappa shape index (κ1) is 13.6. The molecule has 1 aliphatic rings. The van der Waals surface area contributed by atoms with Crippen LogP contribution < -0.4 is 5.32 Å². The van der Waals surface area contributed by atoms with Crippen molar-refractivity contribution >= 4 is 17.2 Å². The summed E-state index contributed by atoms with van der Waals surface area (Å²) in [6.45, 7) is 2.14. The smallest absolute Gasteiger partial charge is 0.220 e. The molecule has 1 aromatic rings. The number of thiophene rings is 1. The molecule has 0 unspecified atom stereocenters. The molecule has 0 atom stereocenters. The van der Waals surface area contributed by atoms with Crippen LogP contribution >= 0.6 is 11.3 Å². The van der Waals surface area contributed by atoms with Crippen molar-refractivity contribution in [1.82, 2.24) is 5.32 Å². The molecule has 2 rings (SSSR count). The van der Waals surface area contributed by atoms with Gasteiger partial charge in [-0.15, -0.1) is 11.3 Å². The molecular formula is C14H21NO2S. The molecule has 0 aromatic carbocycles. The fourth-order valence-corrected chi connectivity index (χ4v) is 3.48. The van der Waals surface area contributed by atoms with Crippen molar-refractivity contribution in [3.8, 4) is 0 Å². The maximum Gasteiger partial charge on any atom is 0.220 e. The van der Waals surface area contributed by atoms with Crippen LogP contribution in [-0.2, 0) is 11.2 Å². The summed E-state index contributed by atoms with van der Waals surface area (Å²) in [5, 5.41) is 12.5. The van der Waals surface area contributed by atoms with Gasteiger partial charge >= 0.3 is 0 Å². The fraction of sp³-hybridized carbons (Fsp3) is 0.643. The minimum Gasteiger partial charge on any atom is -0.394 e. The molecule has 0 radical (unpaired) electrons. The lowest BCUT2D eigenvalue weighted by atomic mass is 9.98. The Labute approximate surface area is 112 Å². The number of nitrogens with one attached hydrogen (secondary N) is 1. The second kappa shape index (κ2) is 5.85. The van der Waals surface area contributed by atoms with Crippen LogP contribution in [0.1, 0.15) is 41.9 Å². The number of carbonyl (C=O) groups is 1. The van der Waals surface area contributed by atoms with Gasteiger partial charge in [0.05, 0.1) is 12.1 Å². The molecule has 1 aromatic heterocycles. The van der Waals surface area contributed by atoms with Crippen molar-refractivity contribution in [2.45, 2.75) is 51.0 Å². The van der Waals surface area contributed by atoms with E-state index in [2.05, 4.69) is 24.4 Å². The highest BCUT2D eigenvalue weighted by molar-refractivity contribution is 7.11. The number of rotatable bonds is 5. The summed E-state index contributed by atoms with van der Waals surface area (Å²) in [7, 11) is 0. The average molecular weight is 267 g/mol. The molecule has 0 spiro atoms. The van der Waals surface area contributed by atoms with E-state index in [9.17, 15) is 9.90 Å². The van der Waals surface area contributed by atoms with Crippen molar-refractivity contribution in [1.29, 1.82) is 0 Å². The van der Waals surface area contributed by atoms with Gasteiger partial charge in [0, 0.05) is 16.2 Å². The highest BCUT2D eigenvalue weighted by Gasteiger charge is 2.34. The summed E-state index contributed by atoms with van der Waals surface area (Å²) >= 11 is 1.75. The normalized spacial score (nSPS) is 17.9. The van der Waals surface area contributed by atoms with Gasteiger partial charge in [-0.25, -0.2) is 0 Å². The van der Waals surface area contributed by atoms with Gasteiger partial charge in [0.1, 0.15) is 0 Å². The van der Waals surface area contributed by atoms with Gasteiger partial charge in [-0.3, -0.25) is 4.79 Å². The molecule has 100 valence electrons. The standard InChI is InChI=1S/C14H21NO2S/c1-11-4-5-12(18-11)6-7-13(17)15-14(10-16)8-2-3-9-14/h4-5,16H,2-3,6-10H2,1H3,(H,15,17). The quantitative estimate of drug-likeness (QED) is 0.860. The largest absolute Gasteiger partial charge is 0.394 e. The number of amides is 1. The molecule has 4 heteroatoms. The van der Waals surface area contributed by atoms with E-state index < -0.39 is 0 Å². The van der Waals surface area contributed by atoms with Gasteiger partial charge in [0.15, 0.2) is 0 Å². The lowest BCUT2D eigenvalue weighted by molar-refractivity contribution is -0.123. The summed E-state index contributed by atoms with van der Waals surface area (Å²) in [5.41, 5.74) is -0.331. The third-order valence-electron chi connectivity index (χ3n) is 3.66. The number of aliphatic hydroxyl groups excluding tert-OH is 1. The lowest BCUT2D eigenvalue weighted by Crippen LogP contribution is -2.49. The van der Waals surface area contributed by atoms with Crippen molar-refractivity contribution < 1.29 is 9.90 Å². The van der Waals surface area contributed by atoms with E-state index in [1.165, 1.54) is 9.75 Å². The van der Waals surface area contributed by atoms with E-state index in [0.717, 1.165) is 32.1 Å². The zero-order valence-electron chi connectivity index (χ0n) is 10.9. The Morgan fingerprint density at radius 3 is 2.72 bits per heavy atom. The van der Waals surface area contributed by atoms with Gasteiger partial charge < -0.3 is 10.4 Å². The maximum absolute atomic E-state index is 11.9. The molecule has 0 saturated heterocycles. The van der Waals surface area contributed by atoms with Crippen molar-refractivity contribution in [3.05, 3.63) is 21.9 Å². The van der Waals surface area contributed by atoms with E-state index in [4.69, 9.17) is 0 Å². The highest BCUT2D eigenvalue weighted by Crippen LogP contribution is 2.29. The molecule has 18 heavy (non-hydrogen) atoms. The number of carbonyl (C=O) groups excluding carboxylic acids is 1. The Bertz CT molecular complexity index is 408. The van der Waals surface area contributed by atoms with Gasteiger partial charge in [0.2, 0.25) is 5.91 Å². The predicted molar refractivity (Wildman–Crippen MR) is 73.8 cm³/mol. The Morgan fingerprint density at radius 2 is 2.17 bits per heavy atom. The second-order valence-corrected chi connectivity index (χ2v) is 6.58. The van der Waals surface area contributed by atoms with Crippen LogP contribution in [0.15, 0.2) is 12.1 Å². The molecule has 1 fully saturated rings. The van der Waals surface area contributed by atoms with E-state index in [0.29, 0.717) is 6.42 Å². The first-order valence-electron chi connectivity index (χ1n) is 6.61. The van der Waals surface area contributed by atoms with Crippen LogP contribution in [0.25, 0.3) is 0 Å². The summed E-state index contributed by atoms with van der Waals surface area (Å²) in [6.07, 6.45) is 5.34. The van der Waals surface area contributed by atoms with Crippen molar-refractivity contribution in [2.24, 2.45) is 0 Å². The predicted octanol–water partition coefficient (Wildman–Crippen LogP) is 2.41. The Balaban J connectivity index is 1.81. The number of aryl methyl sites for hydroxylation is 2. The van der Waals surface area contributed by atoms with Crippen LogP contribution in [0.2, 0.25) is 0 Å². The number of hydrogen-bond donors (Lipinski definition) is 2. The van der Waals surface area contributed by atoms with E-state index in [1.54, 1.807) is 11.3 Å². The summed E-state index contributed by atoms with van der Waals surface area (Å²) in [6, 6.07) is 4.18. The van der Waals surface area contributed by atoms with Crippen LogP contribution in [0.5, 0.6) is 0 Å². The van der Waals surface area contributed by atoms with Crippen LogP contribution in [-0.4, -0.2) is 23.2 Å². The molecular weight excluding hydrogens is 246 g/mol. The topological polar surface area (TPSA) is 49.3 Å². The van der Waals surface area contributed by atoms with Crippen LogP contribution in [0, 0.1) is 6.92 Å². The van der Waals surface area contributed by atoms with Crippen LogP contribution in [0.4, 0.5) is 0 Å². The van der Waals surface area contributed by atoms with Gasteiger partial charge in [-0.05, 0) is 38.3 Å². The maximum atomic E-state index is 11.9. The zero-order chi connectivity index (χ0) is 13.0. The molecule has 1 amide bonds. The van der Waals surface area contributed by atoms with Crippen molar-refractivity contribution in [2.75, 3.05) is 6.61 Å². The first-order chi connectivity index (χ1) is 8.63.